The molecule has 3 rings (SSSR count). The summed E-state index contributed by atoms with van der Waals surface area (Å²) in [6.45, 7) is 2.90. The fraction of sp³-hybridized carbons (Fsp3) is 0.214. The SMILES string of the molecule is CCCn1cc(Oc2cc3nc[nH]c(=O)c3cc2N)cn1. The highest BCUT2D eigenvalue weighted by Gasteiger charge is 2.09. The summed E-state index contributed by atoms with van der Waals surface area (Å²) in [4.78, 5) is 18.3. The summed E-state index contributed by atoms with van der Waals surface area (Å²) < 4.78 is 7.52. The number of rotatable bonds is 4. The largest absolute Gasteiger partial charge is 0.452 e. The van der Waals surface area contributed by atoms with Gasteiger partial charge < -0.3 is 15.5 Å². The zero-order valence-electron chi connectivity index (χ0n) is 11.5. The molecule has 7 heteroatoms. The Morgan fingerprint density at radius 1 is 1.43 bits per heavy atom. The minimum absolute atomic E-state index is 0.228. The van der Waals surface area contributed by atoms with E-state index in [9.17, 15) is 4.79 Å². The van der Waals surface area contributed by atoms with Crippen molar-refractivity contribution < 1.29 is 4.74 Å². The number of nitrogen functional groups attached to an aromatic ring is 1. The lowest BCUT2D eigenvalue weighted by atomic mass is 10.2. The molecule has 21 heavy (non-hydrogen) atoms. The van der Waals surface area contributed by atoms with E-state index in [-0.39, 0.29) is 5.56 Å². The second-order valence-corrected chi connectivity index (χ2v) is 4.68. The van der Waals surface area contributed by atoms with Gasteiger partial charge in [-0.3, -0.25) is 9.48 Å². The standard InChI is InChI=1S/C14H15N5O2/c1-2-3-19-7-9(6-18-19)21-13-5-12-10(4-11(13)15)14(20)17-8-16-12/h4-8H,2-3,15H2,1H3,(H,16,17,20). The first-order valence-corrected chi connectivity index (χ1v) is 6.64. The highest BCUT2D eigenvalue weighted by Crippen LogP contribution is 2.29. The first-order valence-electron chi connectivity index (χ1n) is 6.64. The third kappa shape index (κ3) is 2.58. The molecule has 3 aromatic rings. The minimum Gasteiger partial charge on any atom is -0.452 e. The Bertz CT molecular complexity index is 837. The second kappa shape index (κ2) is 5.28. The number of benzene rings is 1. The van der Waals surface area contributed by atoms with Gasteiger partial charge in [-0.15, -0.1) is 0 Å². The van der Waals surface area contributed by atoms with Crippen LogP contribution in [0.25, 0.3) is 10.9 Å². The Morgan fingerprint density at radius 3 is 3.10 bits per heavy atom. The van der Waals surface area contributed by atoms with Crippen LogP contribution >= 0.6 is 0 Å². The number of H-pyrrole nitrogens is 1. The van der Waals surface area contributed by atoms with Crippen LogP contribution in [0.15, 0.2) is 35.6 Å². The third-order valence-corrected chi connectivity index (χ3v) is 3.06. The Kier molecular flexibility index (Phi) is 3.31. The van der Waals surface area contributed by atoms with E-state index in [1.165, 1.54) is 6.33 Å². The van der Waals surface area contributed by atoms with Gasteiger partial charge in [0.25, 0.3) is 5.56 Å². The van der Waals surface area contributed by atoms with Crippen LogP contribution in [0, 0.1) is 0 Å². The van der Waals surface area contributed by atoms with E-state index in [0.717, 1.165) is 13.0 Å². The average molecular weight is 285 g/mol. The number of nitrogens with two attached hydrogens (primary N) is 1. The summed E-state index contributed by atoms with van der Waals surface area (Å²) in [5.41, 5.74) is 6.62. The number of anilines is 1. The molecule has 0 bridgehead atoms. The Morgan fingerprint density at radius 2 is 2.29 bits per heavy atom. The van der Waals surface area contributed by atoms with Crippen LogP contribution in [0.1, 0.15) is 13.3 Å². The van der Waals surface area contributed by atoms with Crippen molar-refractivity contribution in [2.45, 2.75) is 19.9 Å². The number of aromatic nitrogens is 4. The van der Waals surface area contributed by atoms with Gasteiger partial charge in [0.2, 0.25) is 0 Å². The van der Waals surface area contributed by atoms with E-state index in [4.69, 9.17) is 10.5 Å². The van der Waals surface area contributed by atoms with Crippen LogP contribution < -0.4 is 16.0 Å². The van der Waals surface area contributed by atoms with Crippen molar-refractivity contribution in [2.75, 3.05) is 5.73 Å². The predicted molar refractivity (Wildman–Crippen MR) is 79.4 cm³/mol. The van der Waals surface area contributed by atoms with Crippen molar-refractivity contribution in [3.05, 3.63) is 41.2 Å². The van der Waals surface area contributed by atoms with Crippen molar-refractivity contribution in [2.24, 2.45) is 0 Å². The average Bonchev–Trinajstić information content (AvgIpc) is 2.89. The maximum absolute atomic E-state index is 11.7. The summed E-state index contributed by atoms with van der Waals surface area (Å²) in [5, 5.41) is 4.62. The normalized spacial score (nSPS) is 10.9. The van der Waals surface area contributed by atoms with Gasteiger partial charge in [0.05, 0.1) is 35.3 Å². The maximum atomic E-state index is 11.7. The van der Waals surface area contributed by atoms with E-state index in [0.29, 0.717) is 28.1 Å². The van der Waals surface area contributed by atoms with Gasteiger partial charge in [-0.25, -0.2) is 4.98 Å². The molecular formula is C14H15N5O2. The van der Waals surface area contributed by atoms with Gasteiger partial charge in [0.1, 0.15) is 0 Å². The van der Waals surface area contributed by atoms with Gasteiger partial charge >= 0.3 is 0 Å². The molecule has 0 amide bonds. The number of hydrogen-bond acceptors (Lipinski definition) is 5. The van der Waals surface area contributed by atoms with E-state index in [1.807, 2.05) is 0 Å². The van der Waals surface area contributed by atoms with Crippen molar-refractivity contribution in [1.29, 1.82) is 0 Å². The summed E-state index contributed by atoms with van der Waals surface area (Å²) in [5.74, 6) is 1.05. The van der Waals surface area contributed by atoms with E-state index in [2.05, 4.69) is 22.0 Å². The van der Waals surface area contributed by atoms with Crippen molar-refractivity contribution in [3.63, 3.8) is 0 Å². The van der Waals surface area contributed by atoms with Gasteiger partial charge in [0, 0.05) is 12.6 Å². The van der Waals surface area contributed by atoms with Crippen molar-refractivity contribution in [3.8, 4) is 11.5 Å². The highest BCUT2D eigenvalue weighted by molar-refractivity contribution is 5.84. The number of nitrogens with one attached hydrogen (secondary N) is 1. The number of nitrogens with zero attached hydrogens (tertiary/aromatic N) is 3. The predicted octanol–water partition coefficient (Wildman–Crippen LogP) is 1.90. The molecule has 0 aliphatic carbocycles. The number of ether oxygens (including phenoxy) is 1. The van der Waals surface area contributed by atoms with Crippen LogP contribution in [-0.4, -0.2) is 19.7 Å². The van der Waals surface area contributed by atoms with Gasteiger partial charge in [-0.2, -0.15) is 5.10 Å². The smallest absolute Gasteiger partial charge is 0.258 e. The first-order chi connectivity index (χ1) is 10.2. The van der Waals surface area contributed by atoms with Crippen LogP contribution in [0.2, 0.25) is 0 Å². The molecule has 0 aliphatic heterocycles. The maximum Gasteiger partial charge on any atom is 0.258 e. The summed E-state index contributed by atoms with van der Waals surface area (Å²) >= 11 is 0. The lowest BCUT2D eigenvalue weighted by Crippen LogP contribution is -2.07. The number of hydrogen-bond donors (Lipinski definition) is 2. The Hall–Kier alpha value is -2.83. The molecule has 3 N–H and O–H groups in total. The lowest BCUT2D eigenvalue weighted by Gasteiger charge is -2.07. The minimum atomic E-state index is -0.228. The van der Waals surface area contributed by atoms with Gasteiger partial charge in [-0.1, -0.05) is 6.92 Å². The summed E-state index contributed by atoms with van der Waals surface area (Å²) in [6.07, 6.45) is 5.78. The van der Waals surface area contributed by atoms with Crippen molar-refractivity contribution >= 4 is 16.6 Å². The molecule has 2 aromatic heterocycles. The summed E-state index contributed by atoms with van der Waals surface area (Å²) in [7, 11) is 0. The molecular weight excluding hydrogens is 270 g/mol. The molecule has 0 saturated carbocycles. The molecule has 0 radical (unpaired) electrons. The van der Waals surface area contributed by atoms with Crippen LogP contribution in [0.4, 0.5) is 5.69 Å². The zero-order valence-corrected chi connectivity index (χ0v) is 11.5. The molecule has 0 saturated heterocycles. The zero-order chi connectivity index (χ0) is 14.8. The Balaban J connectivity index is 1.96. The highest BCUT2D eigenvalue weighted by atomic mass is 16.5. The van der Waals surface area contributed by atoms with E-state index in [1.54, 1.807) is 29.2 Å². The molecule has 7 nitrogen and oxygen atoms in total. The lowest BCUT2D eigenvalue weighted by molar-refractivity contribution is 0.483. The number of aryl methyl sites for hydroxylation is 1. The summed E-state index contributed by atoms with van der Waals surface area (Å²) in [6, 6.07) is 3.21. The topological polar surface area (TPSA) is 98.8 Å². The monoisotopic (exact) mass is 285 g/mol. The van der Waals surface area contributed by atoms with Crippen LogP contribution in [0.5, 0.6) is 11.5 Å². The third-order valence-electron chi connectivity index (χ3n) is 3.06. The fourth-order valence-corrected chi connectivity index (χ4v) is 2.08. The molecule has 0 spiro atoms. The van der Waals surface area contributed by atoms with E-state index >= 15 is 0 Å². The Labute approximate surface area is 120 Å². The molecule has 0 atom stereocenters. The van der Waals surface area contributed by atoms with Gasteiger partial charge in [-0.05, 0) is 12.5 Å². The molecule has 108 valence electrons. The first kappa shape index (κ1) is 13.2. The van der Waals surface area contributed by atoms with Crippen LogP contribution in [0.3, 0.4) is 0 Å². The quantitative estimate of drug-likeness (QED) is 0.713. The molecule has 0 aliphatic rings. The molecule has 2 heterocycles. The van der Waals surface area contributed by atoms with Gasteiger partial charge in [0.15, 0.2) is 11.5 Å². The van der Waals surface area contributed by atoms with Crippen molar-refractivity contribution in [1.82, 2.24) is 19.7 Å². The number of fused-ring (bicyclic) bond motifs is 1. The van der Waals surface area contributed by atoms with Crippen LogP contribution in [-0.2, 0) is 6.54 Å². The molecule has 0 unspecified atom stereocenters. The number of aromatic amines is 1. The van der Waals surface area contributed by atoms with E-state index < -0.39 is 0 Å². The molecule has 1 aromatic carbocycles. The second-order valence-electron chi connectivity index (χ2n) is 4.68. The fourth-order valence-electron chi connectivity index (χ4n) is 2.08. The molecule has 0 fully saturated rings.